The van der Waals surface area contributed by atoms with Crippen LogP contribution in [0.4, 0.5) is 0 Å². The molecule has 0 saturated carbocycles. The van der Waals surface area contributed by atoms with E-state index in [9.17, 15) is 0 Å². The molecule has 1 aromatic rings. The Kier molecular flexibility index (Phi) is 5.05. The molecule has 0 radical (unpaired) electrons. The molecule has 1 nitrogen and oxygen atoms in total. The van der Waals surface area contributed by atoms with Crippen molar-refractivity contribution in [3.63, 3.8) is 0 Å². The zero-order valence-electron chi connectivity index (χ0n) is 9.29. The third kappa shape index (κ3) is 3.35. The number of rotatable bonds is 5. The standard InChI is InChI=1S/C12H19NS/c1-4-13(5-2)10-14-12-9-7-6-8-11(12)3/h6-9H,4-5,10H2,1-3H3. The van der Waals surface area contributed by atoms with Crippen molar-refractivity contribution in [2.45, 2.75) is 25.7 Å². The molecule has 0 spiro atoms. The predicted molar refractivity (Wildman–Crippen MR) is 64.8 cm³/mol. The summed E-state index contributed by atoms with van der Waals surface area (Å²) < 4.78 is 0. The monoisotopic (exact) mass is 209 g/mol. The quantitative estimate of drug-likeness (QED) is 0.540. The van der Waals surface area contributed by atoms with Gasteiger partial charge in [0.25, 0.3) is 0 Å². The van der Waals surface area contributed by atoms with Gasteiger partial charge in [0.2, 0.25) is 0 Å². The van der Waals surface area contributed by atoms with Crippen LogP contribution in [0.3, 0.4) is 0 Å². The molecule has 0 unspecified atom stereocenters. The first-order valence-corrected chi connectivity index (χ1v) is 6.17. The summed E-state index contributed by atoms with van der Waals surface area (Å²) in [5, 5.41) is 0. The van der Waals surface area contributed by atoms with Crippen molar-refractivity contribution < 1.29 is 0 Å². The summed E-state index contributed by atoms with van der Waals surface area (Å²) in [6.07, 6.45) is 0. The fourth-order valence-corrected chi connectivity index (χ4v) is 2.44. The van der Waals surface area contributed by atoms with Crippen LogP contribution in [0, 0.1) is 6.92 Å². The Morgan fingerprint density at radius 2 is 1.79 bits per heavy atom. The molecular weight excluding hydrogens is 190 g/mol. The minimum atomic E-state index is 1.10. The second-order valence-corrected chi connectivity index (χ2v) is 4.33. The van der Waals surface area contributed by atoms with E-state index >= 15 is 0 Å². The van der Waals surface area contributed by atoms with E-state index < -0.39 is 0 Å². The van der Waals surface area contributed by atoms with Crippen LogP contribution in [-0.2, 0) is 0 Å². The van der Waals surface area contributed by atoms with E-state index in [1.54, 1.807) is 0 Å². The first kappa shape index (κ1) is 11.6. The zero-order chi connectivity index (χ0) is 10.4. The summed E-state index contributed by atoms with van der Waals surface area (Å²) in [6.45, 7) is 8.86. The van der Waals surface area contributed by atoms with Crippen molar-refractivity contribution in [3.05, 3.63) is 29.8 Å². The number of hydrogen-bond acceptors (Lipinski definition) is 2. The molecule has 0 aliphatic carbocycles. The van der Waals surface area contributed by atoms with Crippen LogP contribution in [0.2, 0.25) is 0 Å². The van der Waals surface area contributed by atoms with Gasteiger partial charge < -0.3 is 0 Å². The van der Waals surface area contributed by atoms with E-state index in [2.05, 4.69) is 49.9 Å². The summed E-state index contributed by atoms with van der Waals surface area (Å²) >= 11 is 1.93. The van der Waals surface area contributed by atoms with Crippen LogP contribution in [0.1, 0.15) is 19.4 Å². The average Bonchev–Trinajstić information content (AvgIpc) is 2.22. The van der Waals surface area contributed by atoms with Gasteiger partial charge in [-0.1, -0.05) is 32.0 Å². The van der Waals surface area contributed by atoms with Crippen molar-refractivity contribution >= 4 is 11.8 Å². The van der Waals surface area contributed by atoms with Gasteiger partial charge in [-0.25, -0.2) is 0 Å². The van der Waals surface area contributed by atoms with Gasteiger partial charge in [-0.3, -0.25) is 4.90 Å². The minimum absolute atomic E-state index is 1.10. The van der Waals surface area contributed by atoms with E-state index in [0.717, 1.165) is 19.0 Å². The Hall–Kier alpha value is -0.470. The smallest absolute Gasteiger partial charge is 0.0491 e. The minimum Gasteiger partial charge on any atom is -0.294 e. The lowest BCUT2D eigenvalue weighted by molar-refractivity contribution is 0.358. The summed E-state index contributed by atoms with van der Waals surface area (Å²) in [6, 6.07) is 8.57. The molecule has 14 heavy (non-hydrogen) atoms. The number of aryl methyl sites for hydroxylation is 1. The third-order valence-corrected chi connectivity index (χ3v) is 3.65. The maximum atomic E-state index is 2.43. The molecule has 1 rings (SSSR count). The van der Waals surface area contributed by atoms with Crippen LogP contribution in [0.15, 0.2) is 29.2 Å². The highest BCUT2D eigenvalue weighted by Gasteiger charge is 2.01. The molecule has 0 bridgehead atoms. The SMILES string of the molecule is CCN(CC)CSc1ccccc1C. The maximum absolute atomic E-state index is 2.43. The van der Waals surface area contributed by atoms with Gasteiger partial charge in [0, 0.05) is 10.8 Å². The summed E-state index contributed by atoms with van der Waals surface area (Å²) in [4.78, 5) is 3.83. The van der Waals surface area contributed by atoms with Gasteiger partial charge in [-0.2, -0.15) is 0 Å². The summed E-state index contributed by atoms with van der Waals surface area (Å²) in [5.74, 6) is 1.10. The fourth-order valence-electron chi connectivity index (χ4n) is 1.29. The molecule has 0 aliphatic heterocycles. The van der Waals surface area contributed by atoms with Gasteiger partial charge in [-0.15, -0.1) is 11.8 Å². The zero-order valence-corrected chi connectivity index (χ0v) is 10.1. The Morgan fingerprint density at radius 3 is 2.36 bits per heavy atom. The first-order valence-electron chi connectivity index (χ1n) is 5.18. The second-order valence-electron chi connectivity index (χ2n) is 3.34. The van der Waals surface area contributed by atoms with Crippen molar-refractivity contribution in [1.29, 1.82) is 0 Å². The Morgan fingerprint density at radius 1 is 1.14 bits per heavy atom. The topological polar surface area (TPSA) is 3.24 Å². The van der Waals surface area contributed by atoms with Crippen LogP contribution in [0.5, 0.6) is 0 Å². The van der Waals surface area contributed by atoms with E-state index in [1.807, 2.05) is 11.8 Å². The third-order valence-electron chi connectivity index (χ3n) is 2.39. The highest BCUT2D eigenvalue weighted by atomic mass is 32.2. The largest absolute Gasteiger partial charge is 0.294 e. The molecule has 0 aliphatic rings. The van der Waals surface area contributed by atoms with Crippen LogP contribution in [0.25, 0.3) is 0 Å². The lowest BCUT2D eigenvalue weighted by atomic mass is 10.2. The Labute approximate surface area is 91.5 Å². The van der Waals surface area contributed by atoms with E-state index in [0.29, 0.717) is 0 Å². The number of thioether (sulfide) groups is 1. The summed E-state index contributed by atoms with van der Waals surface area (Å²) in [5.41, 5.74) is 1.38. The molecule has 1 aromatic carbocycles. The van der Waals surface area contributed by atoms with E-state index in [1.165, 1.54) is 10.5 Å². The Bertz CT molecular complexity index is 269. The molecule has 0 N–H and O–H groups in total. The second kappa shape index (κ2) is 6.10. The van der Waals surface area contributed by atoms with Crippen molar-refractivity contribution in [2.24, 2.45) is 0 Å². The highest BCUT2D eigenvalue weighted by molar-refractivity contribution is 7.99. The van der Waals surface area contributed by atoms with Gasteiger partial charge in [0.1, 0.15) is 0 Å². The van der Waals surface area contributed by atoms with Crippen LogP contribution >= 0.6 is 11.8 Å². The molecule has 0 fully saturated rings. The van der Waals surface area contributed by atoms with Gasteiger partial charge in [-0.05, 0) is 31.6 Å². The normalized spacial score (nSPS) is 10.9. The molecule has 0 aromatic heterocycles. The van der Waals surface area contributed by atoms with Gasteiger partial charge in [0.15, 0.2) is 0 Å². The van der Waals surface area contributed by atoms with Crippen molar-refractivity contribution in [2.75, 3.05) is 19.0 Å². The maximum Gasteiger partial charge on any atom is 0.0491 e. The fraction of sp³-hybridized carbons (Fsp3) is 0.500. The van der Waals surface area contributed by atoms with Crippen molar-refractivity contribution in [3.8, 4) is 0 Å². The number of benzene rings is 1. The number of hydrogen-bond donors (Lipinski definition) is 0. The van der Waals surface area contributed by atoms with E-state index in [4.69, 9.17) is 0 Å². The molecule has 2 heteroatoms. The molecule has 78 valence electrons. The van der Waals surface area contributed by atoms with Gasteiger partial charge >= 0.3 is 0 Å². The molecular formula is C12H19NS. The number of nitrogens with zero attached hydrogens (tertiary/aromatic N) is 1. The first-order chi connectivity index (χ1) is 6.77. The highest BCUT2D eigenvalue weighted by Crippen LogP contribution is 2.22. The average molecular weight is 209 g/mol. The lowest BCUT2D eigenvalue weighted by Crippen LogP contribution is -2.21. The van der Waals surface area contributed by atoms with Gasteiger partial charge in [0.05, 0.1) is 0 Å². The van der Waals surface area contributed by atoms with Crippen molar-refractivity contribution in [1.82, 2.24) is 4.90 Å². The molecule has 0 heterocycles. The molecule has 0 amide bonds. The molecule has 0 saturated heterocycles. The summed E-state index contributed by atoms with van der Waals surface area (Å²) in [7, 11) is 0. The van der Waals surface area contributed by atoms with Crippen LogP contribution in [-0.4, -0.2) is 23.9 Å². The predicted octanol–water partition coefficient (Wildman–Crippen LogP) is 3.39. The Balaban J connectivity index is 2.49. The molecule has 0 atom stereocenters. The van der Waals surface area contributed by atoms with E-state index in [-0.39, 0.29) is 0 Å². The lowest BCUT2D eigenvalue weighted by Gasteiger charge is -2.17. The van der Waals surface area contributed by atoms with Crippen LogP contribution < -0.4 is 0 Å².